The second-order valence-electron chi connectivity index (χ2n) is 8.01. The van der Waals surface area contributed by atoms with Gasteiger partial charge in [0.05, 0.1) is 39.5 Å². The number of thiophene rings is 1. The molecule has 0 unspecified atom stereocenters. The summed E-state index contributed by atoms with van der Waals surface area (Å²) in [5.74, 6) is -0.205. The lowest BCUT2D eigenvalue weighted by Gasteiger charge is -2.06. The van der Waals surface area contributed by atoms with E-state index in [4.69, 9.17) is 10.7 Å². The van der Waals surface area contributed by atoms with Crippen LogP contribution in [0.5, 0.6) is 0 Å². The van der Waals surface area contributed by atoms with E-state index in [1.165, 1.54) is 22.7 Å². The number of carbonyl (C=O) groups excluding carboxylic acids is 1. The van der Waals surface area contributed by atoms with Gasteiger partial charge in [0.1, 0.15) is 11.3 Å². The topological polar surface area (TPSA) is 115 Å². The lowest BCUT2D eigenvalue weighted by molar-refractivity contribution is 0.103. The number of benzene rings is 1. The average Bonchev–Trinajstić information content (AvgIpc) is 3.68. The van der Waals surface area contributed by atoms with Crippen LogP contribution in [0, 0.1) is 0 Å². The molecule has 6 rings (SSSR count). The van der Waals surface area contributed by atoms with Crippen molar-refractivity contribution in [3.8, 4) is 11.4 Å². The molecule has 0 aliphatic carbocycles. The van der Waals surface area contributed by atoms with E-state index in [9.17, 15) is 4.79 Å². The molecule has 5 heterocycles. The van der Waals surface area contributed by atoms with E-state index >= 15 is 0 Å². The Hall–Kier alpha value is -4.48. The number of thiazole rings is 1. The first-order valence-corrected chi connectivity index (χ1v) is 12.7. The highest BCUT2D eigenvalue weighted by atomic mass is 32.1. The van der Waals surface area contributed by atoms with Crippen molar-refractivity contribution in [1.82, 2.24) is 23.9 Å². The van der Waals surface area contributed by atoms with Crippen LogP contribution < -0.4 is 16.4 Å². The first-order valence-electron chi connectivity index (χ1n) is 11.0. The maximum absolute atomic E-state index is 12.6. The monoisotopic (exact) mass is 512 g/mol. The minimum Gasteiger partial charge on any atom is -0.397 e. The van der Waals surface area contributed by atoms with Gasteiger partial charge in [0, 0.05) is 30.5 Å². The van der Waals surface area contributed by atoms with Gasteiger partial charge in [-0.15, -0.1) is 22.7 Å². The van der Waals surface area contributed by atoms with Crippen LogP contribution in [0.15, 0.2) is 85.0 Å². The number of nitrogens with zero attached hydrogens (tertiary/aromatic N) is 5. The molecule has 0 aliphatic heterocycles. The lowest BCUT2D eigenvalue weighted by atomic mass is 10.2. The molecule has 0 atom stereocenters. The van der Waals surface area contributed by atoms with Crippen molar-refractivity contribution < 1.29 is 4.79 Å². The van der Waals surface area contributed by atoms with Gasteiger partial charge in [-0.05, 0) is 42.0 Å². The van der Waals surface area contributed by atoms with Crippen molar-refractivity contribution in [1.29, 1.82) is 0 Å². The molecular weight excluding hydrogens is 492 g/mol. The summed E-state index contributed by atoms with van der Waals surface area (Å²) in [5.41, 5.74) is 10.8. The molecule has 0 fully saturated rings. The Morgan fingerprint density at radius 2 is 2.03 bits per heavy atom. The van der Waals surface area contributed by atoms with Crippen molar-refractivity contribution in [2.24, 2.45) is 0 Å². The minimum atomic E-state index is -0.205. The number of imidazole rings is 2. The number of amides is 1. The molecule has 11 heteroatoms. The van der Waals surface area contributed by atoms with Crippen LogP contribution in [-0.4, -0.2) is 29.8 Å². The molecule has 0 saturated carbocycles. The van der Waals surface area contributed by atoms with Gasteiger partial charge in [-0.3, -0.25) is 9.20 Å². The standard InChI is InChI=1S/C25H20N8OS2/c26-17-3-1-2-4-18(17)29-24(34)21-5-6-23(36-21)31-25-30-19(14-35-25)20-12-28-22-11-16(7-9-33(20)22)13-32-10-8-27-15-32/h1-12,14-15H,13,26H2,(H,29,34)(H,30,31). The number of rotatable bonds is 7. The van der Waals surface area contributed by atoms with E-state index in [-0.39, 0.29) is 5.91 Å². The summed E-state index contributed by atoms with van der Waals surface area (Å²) >= 11 is 2.85. The Morgan fingerprint density at radius 1 is 1.11 bits per heavy atom. The first kappa shape index (κ1) is 22.0. The number of hydrogen-bond donors (Lipinski definition) is 3. The van der Waals surface area contributed by atoms with Crippen molar-refractivity contribution in [3.63, 3.8) is 0 Å². The van der Waals surface area contributed by atoms with Crippen molar-refractivity contribution >= 4 is 55.7 Å². The SMILES string of the molecule is Nc1ccccc1NC(=O)c1ccc(Nc2nc(-c3cnc4cc(Cn5ccnc5)ccn34)cs2)s1. The molecule has 9 nitrogen and oxygen atoms in total. The fourth-order valence-corrected chi connectivity index (χ4v) is 5.36. The van der Waals surface area contributed by atoms with Crippen LogP contribution in [0.1, 0.15) is 15.2 Å². The third-order valence-corrected chi connectivity index (χ3v) is 7.29. The van der Waals surface area contributed by atoms with Gasteiger partial charge < -0.3 is 20.9 Å². The van der Waals surface area contributed by atoms with Crippen LogP contribution in [0.4, 0.5) is 21.5 Å². The number of carbonyl (C=O) groups is 1. The van der Waals surface area contributed by atoms with E-state index in [1.54, 1.807) is 30.7 Å². The molecule has 1 amide bonds. The highest BCUT2D eigenvalue weighted by molar-refractivity contribution is 7.19. The zero-order valence-corrected chi connectivity index (χ0v) is 20.5. The molecule has 1 aromatic carbocycles. The van der Waals surface area contributed by atoms with E-state index < -0.39 is 0 Å². The van der Waals surface area contributed by atoms with Crippen LogP contribution in [0.3, 0.4) is 0 Å². The summed E-state index contributed by atoms with van der Waals surface area (Å²) in [4.78, 5) is 26.6. The van der Waals surface area contributed by atoms with E-state index in [1.807, 2.05) is 51.1 Å². The highest BCUT2D eigenvalue weighted by Gasteiger charge is 2.14. The zero-order chi connectivity index (χ0) is 24.5. The number of aromatic nitrogens is 5. The van der Waals surface area contributed by atoms with Gasteiger partial charge in [-0.2, -0.15) is 0 Å². The summed E-state index contributed by atoms with van der Waals surface area (Å²) in [7, 11) is 0. The second-order valence-corrected chi connectivity index (χ2v) is 9.95. The fourth-order valence-electron chi connectivity index (χ4n) is 3.78. The average molecular weight is 513 g/mol. The number of para-hydroxylation sites is 2. The third-order valence-electron chi connectivity index (χ3n) is 5.54. The summed E-state index contributed by atoms with van der Waals surface area (Å²) in [6.07, 6.45) is 9.35. The fraction of sp³-hybridized carbons (Fsp3) is 0.0400. The molecule has 4 N–H and O–H groups in total. The molecule has 0 aliphatic rings. The minimum absolute atomic E-state index is 0.205. The maximum atomic E-state index is 12.6. The molecule has 0 spiro atoms. The number of nitrogens with two attached hydrogens (primary N) is 1. The van der Waals surface area contributed by atoms with Gasteiger partial charge in [0.25, 0.3) is 5.91 Å². The normalized spacial score (nSPS) is 11.1. The van der Waals surface area contributed by atoms with Crippen molar-refractivity contribution in [2.45, 2.75) is 6.54 Å². The Morgan fingerprint density at radius 3 is 2.89 bits per heavy atom. The number of fused-ring (bicyclic) bond motifs is 1. The van der Waals surface area contributed by atoms with Gasteiger partial charge >= 0.3 is 0 Å². The zero-order valence-electron chi connectivity index (χ0n) is 18.8. The summed E-state index contributed by atoms with van der Waals surface area (Å²) in [6, 6.07) is 15.0. The van der Waals surface area contributed by atoms with Crippen molar-refractivity contribution in [2.75, 3.05) is 16.4 Å². The highest BCUT2D eigenvalue weighted by Crippen LogP contribution is 2.31. The van der Waals surface area contributed by atoms with Gasteiger partial charge in [-0.25, -0.2) is 15.0 Å². The molecule has 178 valence electrons. The number of hydrogen-bond acceptors (Lipinski definition) is 8. The predicted octanol–water partition coefficient (Wildman–Crippen LogP) is 5.34. The van der Waals surface area contributed by atoms with E-state index in [0.717, 1.165) is 39.3 Å². The molecular formula is C25H20N8OS2. The number of nitrogen functional groups attached to an aromatic ring is 1. The molecule has 0 bridgehead atoms. The van der Waals surface area contributed by atoms with Crippen LogP contribution >= 0.6 is 22.7 Å². The largest absolute Gasteiger partial charge is 0.397 e. The molecule has 6 aromatic rings. The summed E-state index contributed by atoms with van der Waals surface area (Å²) in [6.45, 7) is 0.739. The van der Waals surface area contributed by atoms with Crippen LogP contribution in [0.2, 0.25) is 0 Å². The molecule has 5 aromatic heterocycles. The van der Waals surface area contributed by atoms with Crippen LogP contribution in [-0.2, 0) is 6.54 Å². The predicted molar refractivity (Wildman–Crippen MR) is 144 cm³/mol. The van der Waals surface area contributed by atoms with Gasteiger partial charge in [-0.1, -0.05) is 12.1 Å². The molecule has 0 saturated heterocycles. The first-order chi connectivity index (χ1) is 17.6. The quantitative estimate of drug-likeness (QED) is 0.249. The lowest BCUT2D eigenvalue weighted by Crippen LogP contribution is -2.11. The Bertz CT molecular complexity index is 1660. The third kappa shape index (κ3) is 4.44. The maximum Gasteiger partial charge on any atom is 0.265 e. The summed E-state index contributed by atoms with van der Waals surface area (Å²) in [5, 5.41) is 9.70. The van der Waals surface area contributed by atoms with E-state index in [0.29, 0.717) is 16.3 Å². The number of pyridine rings is 1. The Kier molecular flexibility index (Phi) is 5.68. The van der Waals surface area contributed by atoms with Gasteiger partial charge in [0.2, 0.25) is 0 Å². The summed E-state index contributed by atoms with van der Waals surface area (Å²) < 4.78 is 4.05. The molecule has 0 radical (unpaired) electrons. The van der Waals surface area contributed by atoms with Crippen LogP contribution in [0.25, 0.3) is 17.0 Å². The van der Waals surface area contributed by atoms with Gasteiger partial charge in [0.15, 0.2) is 5.13 Å². The molecule has 36 heavy (non-hydrogen) atoms. The number of anilines is 4. The Labute approximate surface area is 213 Å². The van der Waals surface area contributed by atoms with Crippen molar-refractivity contribution in [3.05, 3.63) is 95.5 Å². The Balaban J connectivity index is 1.16. The second kappa shape index (κ2) is 9.29. The number of nitrogens with one attached hydrogen (secondary N) is 2. The van der Waals surface area contributed by atoms with E-state index in [2.05, 4.69) is 32.7 Å². The smallest absolute Gasteiger partial charge is 0.265 e.